The van der Waals surface area contributed by atoms with Crippen molar-refractivity contribution in [2.75, 3.05) is 18.5 Å². The third-order valence-electron chi connectivity index (χ3n) is 2.90. The van der Waals surface area contributed by atoms with Crippen LogP contribution in [0.15, 0.2) is 48.5 Å². The lowest BCUT2D eigenvalue weighted by molar-refractivity contribution is 0.332. The Labute approximate surface area is 113 Å². The molecule has 0 aliphatic carbocycles. The van der Waals surface area contributed by atoms with Gasteiger partial charge in [0, 0.05) is 12.2 Å². The number of aryl methyl sites for hydroxylation is 1. The zero-order chi connectivity index (χ0) is 13.5. The highest BCUT2D eigenvalue weighted by molar-refractivity contribution is 5.50. The lowest BCUT2D eigenvalue weighted by Gasteiger charge is -2.11. The predicted octanol–water partition coefficient (Wildman–Crippen LogP) is 3.88. The van der Waals surface area contributed by atoms with E-state index in [9.17, 15) is 4.39 Å². The average molecular weight is 259 g/mol. The molecule has 2 rings (SSSR count). The summed E-state index contributed by atoms with van der Waals surface area (Å²) in [6.07, 6.45) is 1.00. The molecule has 0 aliphatic heterocycles. The number of nitrogens with one attached hydrogen (secondary N) is 1. The molecule has 2 nitrogen and oxygen atoms in total. The van der Waals surface area contributed by atoms with Gasteiger partial charge in [0.1, 0.15) is 18.2 Å². The Balaban J connectivity index is 1.79. The number of rotatable bonds is 6. The maximum atomic E-state index is 12.7. The highest BCUT2D eigenvalue weighted by Crippen LogP contribution is 2.15. The second-order valence-electron chi connectivity index (χ2n) is 4.24. The van der Waals surface area contributed by atoms with Gasteiger partial charge >= 0.3 is 0 Å². The Morgan fingerprint density at radius 2 is 1.79 bits per heavy atom. The minimum absolute atomic E-state index is 0.248. The van der Waals surface area contributed by atoms with Crippen LogP contribution in [0.4, 0.5) is 10.1 Å². The van der Waals surface area contributed by atoms with Crippen molar-refractivity contribution in [2.24, 2.45) is 0 Å². The maximum absolute atomic E-state index is 12.7. The van der Waals surface area contributed by atoms with Crippen LogP contribution in [0.3, 0.4) is 0 Å². The van der Waals surface area contributed by atoms with Gasteiger partial charge in [-0.2, -0.15) is 0 Å². The maximum Gasteiger partial charge on any atom is 0.123 e. The van der Waals surface area contributed by atoms with E-state index in [1.165, 1.54) is 17.7 Å². The fraction of sp³-hybridized carbons (Fsp3) is 0.250. The molecule has 0 fully saturated rings. The van der Waals surface area contributed by atoms with Gasteiger partial charge in [0.05, 0.1) is 0 Å². The van der Waals surface area contributed by atoms with Crippen molar-refractivity contribution in [3.8, 4) is 5.75 Å². The third-order valence-corrected chi connectivity index (χ3v) is 2.90. The van der Waals surface area contributed by atoms with Crippen LogP contribution in [0, 0.1) is 5.82 Å². The van der Waals surface area contributed by atoms with Gasteiger partial charge in [-0.3, -0.25) is 0 Å². The topological polar surface area (TPSA) is 21.3 Å². The first-order valence-electron chi connectivity index (χ1n) is 6.49. The Hall–Kier alpha value is -2.03. The molecule has 0 aromatic heterocycles. The normalized spacial score (nSPS) is 10.2. The van der Waals surface area contributed by atoms with E-state index in [1.54, 1.807) is 12.1 Å². The van der Waals surface area contributed by atoms with Gasteiger partial charge in [0.25, 0.3) is 0 Å². The number of hydrogen-bond acceptors (Lipinski definition) is 2. The van der Waals surface area contributed by atoms with Crippen LogP contribution >= 0.6 is 0 Å². The summed E-state index contributed by atoms with van der Waals surface area (Å²) in [4.78, 5) is 0. The zero-order valence-electron chi connectivity index (χ0n) is 11.0. The minimum atomic E-state index is -0.248. The van der Waals surface area contributed by atoms with Gasteiger partial charge in [-0.25, -0.2) is 4.39 Å². The summed E-state index contributed by atoms with van der Waals surface area (Å²) < 4.78 is 18.2. The lowest BCUT2D eigenvalue weighted by atomic mass is 10.1. The van der Waals surface area contributed by atoms with Crippen molar-refractivity contribution in [1.29, 1.82) is 0 Å². The molecule has 0 saturated heterocycles. The van der Waals surface area contributed by atoms with Gasteiger partial charge in [0.15, 0.2) is 0 Å². The summed E-state index contributed by atoms with van der Waals surface area (Å²) in [6, 6.07) is 14.3. The molecular weight excluding hydrogens is 241 g/mol. The van der Waals surface area contributed by atoms with E-state index in [0.29, 0.717) is 18.9 Å². The smallest absolute Gasteiger partial charge is 0.123 e. The van der Waals surface area contributed by atoms with Crippen molar-refractivity contribution in [3.63, 3.8) is 0 Å². The standard InChI is InChI=1S/C16H18FNO/c1-2-13-5-3-4-6-16(13)18-11-12-19-15-9-7-14(17)8-10-15/h3-10,18H,2,11-12H2,1H3. The van der Waals surface area contributed by atoms with Crippen LogP contribution < -0.4 is 10.1 Å². The van der Waals surface area contributed by atoms with E-state index in [4.69, 9.17) is 4.74 Å². The Bertz CT molecular complexity index is 510. The van der Waals surface area contributed by atoms with Gasteiger partial charge < -0.3 is 10.1 Å². The average Bonchev–Trinajstić information content (AvgIpc) is 2.46. The van der Waals surface area contributed by atoms with Crippen molar-refractivity contribution < 1.29 is 9.13 Å². The highest BCUT2D eigenvalue weighted by Gasteiger charge is 1.99. The monoisotopic (exact) mass is 259 g/mol. The molecule has 0 unspecified atom stereocenters. The van der Waals surface area contributed by atoms with E-state index in [1.807, 2.05) is 12.1 Å². The number of para-hydroxylation sites is 1. The fourth-order valence-corrected chi connectivity index (χ4v) is 1.89. The second-order valence-corrected chi connectivity index (χ2v) is 4.24. The number of anilines is 1. The van der Waals surface area contributed by atoms with Gasteiger partial charge in [0.2, 0.25) is 0 Å². The molecule has 0 heterocycles. The SMILES string of the molecule is CCc1ccccc1NCCOc1ccc(F)cc1. The Kier molecular flexibility index (Phi) is 4.78. The number of ether oxygens (including phenoxy) is 1. The van der Waals surface area contributed by atoms with Crippen LogP contribution in [-0.2, 0) is 6.42 Å². The number of halogens is 1. The molecule has 2 aromatic carbocycles. The summed E-state index contributed by atoms with van der Waals surface area (Å²) in [6.45, 7) is 3.40. The van der Waals surface area contributed by atoms with Crippen LogP contribution in [0.25, 0.3) is 0 Å². The molecule has 0 aliphatic rings. The Morgan fingerprint density at radius 1 is 1.05 bits per heavy atom. The van der Waals surface area contributed by atoms with Gasteiger partial charge in [-0.15, -0.1) is 0 Å². The summed E-state index contributed by atoms with van der Waals surface area (Å²) >= 11 is 0. The first-order chi connectivity index (χ1) is 9.29. The van der Waals surface area contributed by atoms with Crippen LogP contribution in [-0.4, -0.2) is 13.2 Å². The fourth-order valence-electron chi connectivity index (χ4n) is 1.89. The van der Waals surface area contributed by atoms with Crippen LogP contribution in [0.1, 0.15) is 12.5 Å². The molecule has 0 bridgehead atoms. The molecular formula is C16H18FNO. The predicted molar refractivity (Wildman–Crippen MR) is 76.2 cm³/mol. The van der Waals surface area contributed by atoms with E-state index in [2.05, 4.69) is 24.4 Å². The second kappa shape index (κ2) is 6.78. The highest BCUT2D eigenvalue weighted by atomic mass is 19.1. The third kappa shape index (κ3) is 3.98. The van der Waals surface area contributed by atoms with Crippen molar-refractivity contribution >= 4 is 5.69 Å². The molecule has 19 heavy (non-hydrogen) atoms. The zero-order valence-corrected chi connectivity index (χ0v) is 11.0. The summed E-state index contributed by atoms with van der Waals surface area (Å²) in [5.74, 6) is 0.439. The van der Waals surface area contributed by atoms with Crippen molar-refractivity contribution in [1.82, 2.24) is 0 Å². The molecule has 0 spiro atoms. The first kappa shape index (κ1) is 13.4. The number of hydrogen-bond donors (Lipinski definition) is 1. The first-order valence-corrected chi connectivity index (χ1v) is 6.49. The summed E-state index contributed by atoms with van der Waals surface area (Å²) in [5, 5.41) is 3.35. The molecule has 1 N–H and O–H groups in total. The lowest BCUT2D eigenvalue weighted by Crippen LogP contribution is -2.12. The molecule has 0 radical (unpaired) electrons. The van der Waals surface area contributed by atoms with E-state index in [-0.39, 0.29) is 5.82 Å². The van der Waals surface area contributed by atoms with E-state index < -0.39 is 0 Å². The summed E-state index contributed by atoms with van der Waals surface area (Å²) in [7, 11) is 0. The van der Waals surface area contributed by atoms with Crippen LogP contribution in [0.5, 0.6) is 5.75 Å². The molecule has 0 amide bonds. The summed E-state index contributed by atoms with van der Waals surface area (Å²) in [5.41, 5.74) is 2.44. The largest absolute Gasteiger partial charge is 0.492 e. The Morgan fingerprint density at radius 3 is 2.53 bits per heavy atom. The van der Waals surface area contributed by atoms with Crippen LogP contribution in [0.2, 0.25) is 0 Å². The van der Waals surface area contributed by atoms with E-state index in [0.717, 1.165) is 12.1 Å². The molecule has 2 aromatic rings. The van der Waals surface area contributed by atoms with Gasteiger partial charge in [-0.05, 0) is 42.3 Å². The molecule has 0 atom stereocenters. The minimum Gasteiger partial charge on any atom is -0.492 e. The molecule has 100 valence electrons. The van der Waals surface area contributed by atoms with Crippen molar-refractivity contribution in [3.05, 3.63) is 59.9 Å². The van der Waals surface area contributed by atoms with Crippen molar-refractivity contribution in [2.45, 2.75) is 13.3 Å². The molecule has 0 saturated carbocycles. The van der Waals surface area contributed by atoms with Gasteiger partial charge in [-0.1, -0.05) is 25.1 Å². The van der Waals surface area contributed by atoms with E-state index >= 15 is 0 Å². The molecule has 3 heteroatoms. The quantitative estimate of drug-likeness (QED) is 0.795. The number of benzene rings is 2.